The topological polar surface area (TPSA) is 48.9 Å². The van der Waals surface area contributed by atoms with Crippen molar-refractivity contribution in [3.8, 4) is 17.1 Å². The molecule has 2 aromatic carbocycles. The molecule has 0 radical (unpaired) electrons. The third-order valence-corrected chi connectivity index (χ3v) is 3.52. The number of rotatable bonds is 1. The number of phenolic OH excluding ortho intramolecular Hbond substituents is 1. The number of H-pyrrole nitrogens is 1. The lowest BCUT2D eigenvalue weighted by atomic mass is 10.2. The van der Waals surface area contributed by atoms with E-state index in [0.717, 1.165) is 12.1 Å². The quantitative estimate of drug-likeness (QED) is 0.662. The SMILES string of the molecule is Oc1cc(Br)ccc1-c1nc2ccc(C(F)(F)F)cc2[nH]1. The van der Waals surface area contributed by atoms with Crippen LogP contribution >= 0.6 is 15.9 Å². The van der Waals surface area contributed by atoms with Gasteiger partial charge in [0.25, 0.3) is 0 Å². The van der Waals surface area contributed by atoms with E-state index < -0.39 is 11.7 Å². The molecular formula is C14H8BrF3N2O. The molecule has 1 heterocycles. The van der Waals surface area contributed by atoms with Gasteiger partial charge in [-0.25, -0.2) is 4.98 Å². The lowest BCUT2D eigenvalue weighted by Gasteiger charge is -2.05. The van der Waals surface area contributed by atoms with Gasteiger partial charge in [-0.15, -0.1) is 0 Å². The normalized spacial score (nSPS) is 12.0. The summed E-state index contributed by atoms with van der Waals surface area (Å²) < 4.78 is 38.7. The number of nitrogens with zero attached hydrogens (tertiary/aromatic N) is 1. The van der Waals surface area contributed by atoms with Gasteiger partial charge >= 0.3 is 6.18 Å². The first-order valence-corrected chi connectivity index (χ1v) is 6.70. The fraction of sp³-hybridized carbons (Fsp3) is 0.0714. The Hall–Kier alpha value is -2.02. The summed E-state index contributed by atoms with van der Waals surface area (Å²) in [6, 6.07) is 8.11. The van der Waals surface area contributed by atoms with Crippen LogP contribution in [0.1, 0.15) is 5.56 Å². The van der Waals surface area contributed by atoms with Gasteiger partial charge in [-0.3, -0.25) is 0 Å². The first-order valence-electron chi connectivity index (χ1n) is 5.90. The number of alkyl halides is 3. The largest absolute Gasteiger partial charge is 0.507 e. The van der Waals surface area contributed by atoms with Crippen LogP contribution in [0.5, 0.6) is 5.75 Å². The first kappa shape index (κ1) is 13.9. The Labute approximate surface area is 125 Å². The number of aromatic hydroxyl groups is 1. The zero-order chi connectivity index (χ0) is 15.2. The van der Waals surface area contributed by atoms with Crippen molar-refractivity contribution in [1.29, 1.82) is 0 Å². The Morgan fingerprint density at radius 3 is 2.52 bits per heavy atom. The average molecular weight is 357 g/mol. The van der Waals surface area contributed by atoms with Gasteiger partial charge in [0.1, 0.15) is 11.6 Å². The van der Waals surface area contributed by atoms with Crippen LogP contribution in [0.4, 0.5) is 13.2 Å². The van der Waals surface area contributed by atoms with Gasteiger partial charge in [-0.05, 0) is 36.4 Å². The number of nitrogens with one attached hydrogen (secondary N) is 1. The highest BCUT2D eigenvalue weighted by Crippen LogP contribution is 2.34. The van der Waals surface area contributed by atoms with E-state index in [1.165, 1.54) is 12.1 Å². The lowest BCUT2D eigenvalue weighted by Crippen LogP contribution is -2.04. The van der Waals surface area contributed by atoms with Gasteiger partial charge in [0, 0.05) is 4.47 Å². The maximum atomic E-state index is 12.7. The molecule has 0 aliphatic rings. The maximum Gasteiger partial charge on any atom is 0.416 e. The zero-order valence-electron chi connectivity index (χ0n) is 10.4. The number of aromatic amines is 1. The first-order chi connectivity index (χ1) is 9.84. The number of aromatic nitrogens is 2. The van der Waals surface area contributed by atoms with Gasteiger partial charge in [-0.1, -0.05) is 15.9 Å². The van der Waals surface area contributed by atoms with Gasteiger partial charge in [0.05, 0.1) is 22.2 Å². The number of hydrogen-bond donors (Lipinski definition) is 2. The van der Waals surface area contributed by atoms with Gasteiger partial charge in [-0.2, -0.15) is 13.2 Å². The summed E-state index contributed by atoms with van der Waals surface area (Å²) >= 11 is 3.22. The number of imidazole rings is 1. The van der Waals surface area contributed by atoms with Crippen molar-refractivity contribution < 1.29 is 18.3 Å². The second-order valence-electron chi connectivity index (χ2n) is 4.48. The maximum absolute atomic E-state index is 12.7. The number of phenols is 1. The number of halogens is 4. The van der Waals surface area contributed by atoms with Crippen LogP contribution in [0.15, 0.2) is 40.9 Å². The van der Waals surface area contributed by atoms with Crippen molar-refractivity contribution in [3.05, 3.63) is 46.4 Å². The molecular weight excluding hydrogens is 349 g/mol. The third kappa shape index (κ3) is 2.61. The molecule has 0 amide bonds. The number of fused-ring (bicyclic) bond motifs is 1. The van der Waals surface area contributed by atoms with Crippen molar-refractivity contribution in [2.24, 2.45) is 0 Å². The van der Waals surface area contributed by atoms with Crippen LogP contribution in [0.25, 0.3) is 22.4 Å². The Bertz CT molecular complexity index is 827. The molecule has 0 saturated heterocycles. The van der Waals surface area contributed by atoms with E-state index in [0.29, 0.717) is 21.4 Å². The average Bonchev–Trinajstić information content (AvgIpc) is 2.79. The minimum absolute atomic E-state index is 0.0144. The molecule has 0 aliphatic carbocycles. The molecule has 3 nitrogen and oxygen atoms in total. The van der Waals surface area contributed by atoms with Crippen LogP contribution in [0.3, 0.4) is 0 Å². The molecule has 7 heteroatoms. The highest BCUT2D eigenvalue weighted by atomic mass is 79.9. The van der Waals surface area contributed by atoms with Crippen molar-refractivity contribution in [3.63, 3.8) is 0 Å². The Kier molecular flexibility index (Phi) is 3.16. The molecule has 0 fully saturated rings. The van der Waals surface area contributed by atoms with E-state index in [-0.39, 0.29) is 11.3 Å². The van der Waals surface area contributed by atoms with Gasteiger partial charge < -0.3 is 10.1 Å². The summed E-state index contributed by atoms with van der Waals surface area (Å²) in [5.41, 5.74) is 0.343. The van der Waals surface area contributed by atoms with Crippen LogP contribution in [-0.2, 0) is 6.18 Å². The summed E-state index contributed by atoms with van der Waals surface area (Å²) in [6.07, 6.45) is -4.40. The van der Waals surface area contributed by atoms with Gasteiger partial charge in [0.2, 0.25) is 0 Å². The van der Waals surface area contributed by atoms with Gasteiger partial charge in [0.15, 0.2) is 0 Å². The molecule has 21 heavy (non-hydrogen) atoms. The molecule has 3 aromatic rings. The minimum atomic E-state index is -4.40. The number of hydrogen-bond acceptors (Lipinski definition) is 2. The van der Waals surface area contributed by atoms with Crippen LogP contribution in [0.2, 0.25) is 0 Å². The standard InChI is InChI=1S/C14H8BrF3N2O/c15-8-2-3-9(12(21)6-8)13-19-10-4-1-7(14(16,17)18)5-11(10)20-13/h1-6,21H,(H,19,20). The van der Waals surface area contributed by atoms with E-state index in [1.54, 1.807) is 12.1 Å². The molecule has 0 aliphatic heterocycles. The van der Waals surface area contributed by atoms with Crippen molar-refractivity contribution in [2.45, 2.75) is 6.18 Å². The summed E-state index contributed by atoms with van der Waals surface area (Å²) in [6.45, 7) is 0. The predicted octanol–water partition coefficient (Wildman–Crippen LogP) is 4.72. The molecule has 3 rings (SSSR count). The molecule has 1 aromatic heterocycles. The molecule has 0 bridgehead atoms. The van der Waals surface area contributed by atoms with E-state index >= 15 is 0 Å². The Morgan fingerprint density at radius 2 is 1.86 bits per heavy atom. The van der Waals surface area contributed by atoms with E-state index in [9.17, 15) is 18.3 Å². The fourth-order valence-electron chi connectivity index (χ4n) is 2.02. The molecule has 0 spiro atoms. The molecule has 2 N–H and O–H groups in total. The van der Waals surface area contributed by atoms with Crippen LogP contribution in [0, 0.1) is 0 Å². The summed E-state index contributed by atoms with van der Waals surface area (Å²) in [5.74, 6) is 0.300. The summed E-state index contributed by atoms with van der Waals surface area (Å²) in [7, 11) is 0. The van der Waals surface area contributed by atoms with Crippen molar-refractivity contribution >= 4 is 27.0 Å². The van der Waals surface area contributed by atoms with E-state index in [2.05, 4.69) is 25.9 Å². The summed E-state index contributed by atoms with van der Waals surface area (Å²) in [5, 5.41) is 9.88. The lowest BCUT2D eigenvalue weighted by molar-refractivity contribution is -0.137. The van der Waals surface area contributed by atoms with Crippen LogP contribution in [-0.4, -0.2) is 15.1 Å². The highest BCUT2D eigenvalue weighted by molar-refractivity contribution is 9.10. The van der Waals surface area contributed by atoms with Crippen LogP contribution < -0.4 is 0 Å². The number of benzene rings is 2. The summed E-state index contributed by atoms with van der Waals surface area (Å²) in [4.78, 5) is 7.00. The molecule has 0 saturated carbocycles. The van der Waals surface area contributed by atoms with Crippen molar-refractivity contribution in [2.75, 3.05) is 0 Å². The smallest absolute Gasteiger partial charge is 0.416 e. The highest BCUT2D eigenvalue weighted by Gasteiger charge is 2.30. The minimum Gasteiger partial charge on any atom is -0.507 e. The van der Waals surface area contributed by atoms with Crippen molar-refractivity contribution in [1.82, 2.24) is 9.97 Å². The monoisotopic (exact) mass is 356 g/mol. The Morgan fingerprint density at radius 1 is 1.10 bits per heavy atom. The Balaban J connectivity index is 2.13. The fourth-order valence-corrected chi connectivity index (χ4v) is 2.37. The molecule has 0 atom stereocenters. The predicted molar refractivity (Wildman–Crippen MR) is 75.9 cm³/mol. The van der Waals surface area contributed by atoms with E-state index in [4.69, 9.17) is 0 Å². The van der Waals surface area contributed by atoms with E-state index in [1.807, 2.05) is 0 Å². The third-order valence-electron chi connectivity index (χ3n) is 3.02. The zero-order valence-corrected chi connectivity index (χ0v) is 12.0. The second-order valence-corrected chi connectivity index (χ2v) is 5.39. The molecule has 108 valence electrons. The second kappa shape index (κ2) is 4.77. The molecule has 0 unspecified atom stereocenters.